The normalized spacial score (nSPS) is 17.2. The molecule has 3 rings (SSSR count). The van der Waals surface area contributed by atoms with Crippen LogP contribution in [0.15, 0.2) is 29.3 Å². The lowest BCUT2D eigenvalue weighted by Gasteiger charge is -2.25. The van der Waals surface area contributed by atoms with Gasteiger partial charge in [0.1, 0.15) is 18.2 Å². The van der Waals surface area contributed by atoms with E-state index in [0.717, 1.165) is 30.8 Å². The molecule has 2 aromatic rings. The smallest absolute Gasteiger partial charge is 0.191 e. The second-order valence-corrected chi connectivity index (χ2v) is 6.00. The van der Waals surface area contributed by atoms with Crippen molar-refractivity contribution in [3.8, 4) is 0 Å². The van der Waals surface area contributed by atoms with E-state index >= 15 is 0 Å². The highest BCUT2D eigenvalue weighted by Crippen LogP contribution is 2.13. The van der Waals surface area contributed by atoms with Crippen molar-refractivity contribution in [1.29, 1.82) is 0 Å². The number of nitrogens with zero attached hydrogens (tertiary/aromatic N) is 4. The van der Waals surface area contributed by atoms with Gasteiger partial charge in [-0.1, -0.05) is 12.1 Å². The van der Waals surface area contributed by atoms with Gasteiger partial charge >= 0.3 is 0 Å². The number of fused-ring (bicyclic) bond motifs is 1. The molecule has 1 aromatic heterocycles. The van der Waals surface area contributed by atoms with Crippen LogP contribution in [-0.4, -0.2) is 40.9 Å². The molecule has 0 fully saturated rings. The third-order valence-corrected chi connectivity index (χ3v) is 4.09. The number of benzene rings is 1. The molecule has 2 heterocycles. The van der Waals surface area contributed by atoms with Crippen LogP contribution in [0, 0.1) is 5.82 Å². The van der Waals surface area contributed by atoms with Crippen molar-refractivity contribution in [3.05, 3.63) is 47.3 Å². The van der Waals surface area contributed by atoms with Crippen molar-refractivity contribution < 1.29 is 9.13 Å². The van der Waals surface area contributed by atoms with Crippen LogP contribution in [0.3, 0.4) is 0 Å². The van der Waals surface area contributed by atoms with Gasteiger partial charge in [0.2, 0.25) is 0 Å². The first-order chi connectivity index (χ1) is 12.2. The predicted molar refractivity (Wildman–Crippen MR) is 92.6 cm³/mol. The largest absolute Gasteiger partial charge is 0.377 e. The molecule has 0 saturated carbocycles. The van der Waals surface area contributed by atoms with Crippen LogP contribution in [0.2, 0.25) is 0 Å². The van der Waals surface area contributed by atoms with E-state index in [1.807, 2.05) is 10.7 Å². The molecule has 2 N–H and O–H groups in total. The molecule has 0 bridgehead atoms. The second-order valence-electron chi connectivity index (χ2n) is 6.00. The molecule has 25 heavy (non-hydrogen) atoms. The minimum Gasteiger partial charge on any atom is -0.377 e. The molecule has 1 unspecified atom stereocenters. The third kappa shape index (κ3) is 4.54. The van der Waals surface area contributed by atoms with Crippen LogP contribution in [0.25, 0.3) is 0 Å². The first-order valence-corrected chi connectivity index (χ1v) is 8.31. The Labute approximate surface area is 146 Å². The molecule has 1 aliphatic rings. The number of aromatic nitrogens is 3. The molecule has 7 nitrogen and oxygen atoms in total. The van der Waals surface area contributed by atoms with Crippen molar-refractivity contribution in [3.63, 3.8) is 0 Å². The summed E-state index contributed by atoms with van der Waals surface area (Å²) in [5.41, 5.74) is 0.870. The summed E-state index contributed by atoms with van der Waals surface area (Å²) in [6.07, 6.45) is 1.81. The number of guanidine groups is 1. The number of hydrogen-bond acceptors (Lipinski definition) is 4. The third-order valence-electron chi connectivity index (χ3n) is 4.09. The summed E-state index contributed by atoms with van der Waals surface area (Å²) in [5, 5.41) is 11.1. The van der Waals surface area contributed by atoms with E-state index in [0.29, 0.717) is 24.9 Å². The summed E-state index contributed by atoms with van der Waals surface area (Å²) >= 11 is 0. The fraction of sp³-hybridized carbons (Fsp3) is 0.471. The summed E-state index contributed by atoms with van der Waals surface area (Å²) in [5.74, 6) is 2.16. The molecular formula is C17H23FN6O. The highest BCUT2D eigenvalue weighted by molar-refractivity contribution is 5.79. The quantitative estimate of drug-likeness (QED) is 0.629. The number of hydrogen-bond donors (Lipinski definition) is 2. The highest BCUT2D eigenvalue weighted by atomic mass is 19.1. The van der Waals surface area contributed by atoms with Crippen molar-refractivity contribution in [2.75, 3.05) is 14.2 Å². The maximum absolute atomic E-state index is 13.2. The van der Waals surface area contributed by atoms with E-state index in [1.54, 1.807) is 20.2 Å². The van der Waals surface area contributed by atoms with Crippen LogP contribution in [0.1, 0.15) is 23.6 Å². The topological polar surface area (TPSA) is 76.4 Å². The molecule has 1 aliphatic heterocycles. The fourth-order valence-corrected chi connectivity index (χ4v) is 2.89. The Bertz CT molecular complexity index is 744. The van der Waals surface area contributed by atoms with Gasteiger partial charge in [0.15, 0.2) is 11.8 Å². The van der Waals surface area contributed by atoms with Gasteiger partial charge in [0, 0.05) is 33.2 Å². The molecule has 1 atom stereocenters. The monoisotopic (exact) mass is 346 g/mol. The van der Waals surface area contributed by atoms with Gasteiger partial charge in [-0.25, -0.2) is 14.1 Å². The lowest BCUT2D eigenvalue weighted by Crippen LogP contribution is -2.46. The second kappa shape index (κ2) is 8.06. The van der Waals surface area contributed by atoms with Crippen LogP contribution in [0.5, 0.6) is 0 Å². The first kappa shape index (κ1) is 17.3. The molecule has 8 heteroatoms. The van der Waals surface area contributed by atoms with Gasteiger partial charge in [0.05, 0.1) is 6.54 Å². The minimum atomic E-state index is -0.236. The summed E-state index contributed by atoms with van der Waals surface area (Å²) in [4.78, 5) is 8.72. The fourth-order valence-electron chi connectivity index (χ4n) is 2.89. The van der Waals surface area contributed by atoms with Crippen molar-refractivity contribution in [2.45, 2.75) is 38.6 Å². The zero-order valence-electron chi connectivity index (χ0n) is 14.5. The van der Waals surface area contributed by atoms with E-state index in [1.165, 1.54) is 12.1 Å². The Morgan fingerprint density at radius 1 is 1.48 bits per heavy atom. The van der Waals surface area contributed by atoms with Gasteiger partial charge in [0.25, 0.3) is 0 Å². The number of rotatable bonds is 5. The van der Waals surface area contributed by atoms with Gasteiger partial charge in [-0.15, -0.1) is 0 Å². The van der Waals surface area contributed by atoms with E-state index < -0.39 is 0 Å². The van der Waals surface area contributed by atoms with E-state index in [-0.39, 0.29) is 11.9 Å². The summed E-state index contributed by atoms with van der Waals surface area (Å²) in [7, 11) is 3.36. The number of halogens is 1. The van der Waals surface area contributed by atoms with E-state index in [4.69, 9.17) is 4.74 Å². The van der Waals surface area contributed by atoms with Crippen LogP contribution < -0.4 is 10.6 Å². The van der Waals surface area contributed by atoms with Crippen molar-refractivity contribution in [2.24, 2.45) is 4.99 Å². The molecular weight excluding hydrogens is 323 g/mol. The molecule has 0 radical (unpaired) electrons. The van der Waals surface area contributed by atoms with Crippen LogP contribution >= 0.6 is 0 Å². The average Bonchev–Trinajstić information content (AvgIpc) is 3.00. The molecule has 134 valence electrons. The van der Waals surface area contributed by atoms with Crippen molar-refractivity contribution >= 4 is 5.96 Å². The Kier molecular flexibility index (Phi) is 5.60. The summed E-state index contributed by atoms with van der Waals surface area (Å²) in [6.45, 7) is 1.67. The summed E-state index contributed by atoms with van der Waals surface area (Å²) in [6, 6.07) is 6.74. The Hall–Kier alpha value is -2.48. The van der Waals surface area contributed by atoms with Gasteiger partial charge in [-0.2, -0.15) is 5.10 Å². The number of aryl methyl sites for hydroxylation is 1. The first-order valence-electron chi connectivity index (χ1n) is 8.31. The van der Waals surface area contributed by atoms with E-state index in [2.05, 4.69) is 25.7 Å². The zero-order valence-corrected chi connectivity index (χ0v) is 14.5. The number of aliphatic imine (C=N–C) groups is 1. The zero-order chi connectivity index (χ0) is 17.6. The lowest BCUT2D eigenvalue weighted by molar-refractivity contribution is 0.177. The minimum absolute atomic E-state index is 0.211. The predicted octanol–water partition coefficient (Wildman–Crippen LogP) is 1.24. The molecule has 0 amide bonds. The highest BCUT2D eigenvalue weighted by Gasteiger charge is 2.22. The summed E-state index contributed by atoms with van der Waals surface area (Å²) < 4.78 is 20.3. The number of nitrogens with one attached hydrogen (secondary N) is 2. The van der Waals surface area contributed by atoms with Crippen LogP contribution in [-0.2, 0) is 30.9 Å². The Balaban J connectivity index is 1.55. The Morgan fingerprint density at radius 2 is 2.36 bits per heavy atom. The SMILES string of the molecule is CN=C(NCc1cccc(F)c1)NC1CCc2nc(COC)nn2C1. The molecule has 1 aromatic carbocycles. The average molecular weight is 346 g/mol. The molecule has 0 saturated heterocycles. The Morgan fingerprint density at radius 3 is 3.12 bits per heavy atom. The lowest BCUT2D eigenvalue weighted by atomic mass is 10.1. The number of methoxy groups -OCH3 is 1. The molecule has 0 aliphatic carbocycles. The van der Waals surface area contributed by atoms with Crippen molar-refractivity contribution in [1.82, 2.24) is 25.4 Å². The molecule has 0 spiro atoms. The maximum Gasteiger partial charge on any atom is 0.191 e. The standard InChI is InChI=1S/C17H23FN6O/c1-19-17(20-9-12-4-3-5-13(18)8-12)21-14-6-7-16-22-15(11-25-2)23-24(16)10-14/h3-5,8,14H,6-7,9-11H2,1-2H3,(H2,19,20,21). The van der Waals surface area contributed by atoms with Gasteiger partial charge in [-0.05, 0) is 24.1 Å². The van der Waals surface area contributed by atoms with Gasteiger partial charge < -0.3 is 15.4 Å². The number of ether oxygens (including phenoxy) is 1. The van der Waals surface area contributed by atoms with Gasteiger partial charge in [-0.3, -0.25) is 4.99 Å². The maximum atomic E-state index is 13.2. The van der Waals surface area contributed by atoms with E-state index in [9.17, 15) is 4.39 Å². The van der Waals surface area contributed by atoms with Crippen LogP contribution in [0.4, 0.5) is 4.39 Å².